The van der Waals surface area contributed by atoms with E-state index in [1.807, 2.05) is 19.2 Å². The van der Waals surface area contributed by atoms with Crippen molar-refractivity contribution in [3.63, 3.8) is 0 Å². The molecule has 26 heavy (non-hydrogen) atoms. The number of likely N-dealkylation sites (tertiary alicyclic amines) is 1. The van der Waals surface area contributed by atoms with E-state index in [1.54, 1.807) is 0 Å². The minimum atomic E-state index is 0. The second kappa shape index (κ2) is 10.9. The summed E-state index contributed by atoms with van der Waals surface area (Å²) in [5.41, 5.74) is 1.25. The van der Waals surface area contributed by atoms with E-state index in [-0.39, 0.29) is 24.0 Å². The molecule has 1 aromatic rings. The fourth-order valence-corrected chi connectivity index (χ4v) is 3.47. The maximum absolute atomic E-state index is 5.78. The number of nitrogens with zero attached hydrogens (tertiary/aromatic N) is 3. The van der Waals surface area contributed by atoms with Crippen LogP contribution >= 0.6 is 24.0 Å². The van der Waals surface area contributed by atoms with E-state index in [4.69, 9.17) is 9.47 Å². The van der Waals surface area contributed by atoms with E-state index >= 15 is 0 Å². The van der Waals surface area contributed by atoms with Crippen molar-refractivity contribution in [3.05, 3.63) is 29.8 Å². The average Bonchev–Trinajstić information content (AvgIpc) is 3.14. The lowest BCUT2D eigenvalue weighted by Crippen LogP contribution is -2.47. The smallest absolute Gasteiger partial charge is 0.193 e. The van der Waals surface area contributed by atoms with Crippen molar-refractivity contribution in [3.8, 4) is 5.75 Å². The molecule has 0 aliphatic carbocycles. The lowest BCUT2D eigenvalue weighted by molar-refractivity contribution is 0.0195. The van der Waals surface area contributed by atoms with Crippen molar-refractivity contribution in [2.45, 2.75) is 19.4 Å². The van der Waals surface area contributed by atoms with Crippen LogP contribution in [0.25, 0.3) is 0 Å². The van der Waals surface area contributed by atoms with Crippen LogP contribution in [0.2, 0.25) is 0 Å². The van der Waals surface area contributed by atoms with Gasteiger partial charge in [0.2, 0.25) is 0 Å². The lowest BCUT2D eigenvalue weighted by atomic mass is 10.2. The Labute approximate surface area is 173 Å². The molecule has 1 atom stereocenters. The zero-order valence-corrected chi connectivity index (χ0v) is 18.1. The quantitative estimate of drug-likeness (QED) is 0.306. The Morgan fingerprint density at radius 1 is 1.23 bits per heavy atom. The topological polar surface area (TPSA) is 49.3 Å². The van der Waals surface area contributed by atoms with Gasteiger partial charge in [-0.2, -0.15) is 0 Å². The fraction of sp³-hybridized carbons (Fsp3) is 0.632. The van der Waals surface area contributed by atoms with E-state index in [0.717, 1.165) is 57.6 Å². The van der Waals surface area contributed by atoms with Gasteiger partial charge in [0, 0.05) is 39.3 Å². The Balaban J connectivity index is 0.00000243. The number of guanidine groups is 1. The molecule has 2 aliphatic rings. The third kappa shape index (κ3) is 5.99. The van der Waals surface area contributed by atoms with E-state index in [0.29, 0.717) is 12.6 Å². The molecule has 1 N–H and O–H groups in total. The number of ether oxygens (including phenoxy) is 2. The number of hydrogen-bond acceptors (Lipinski definition) is 4. The molecule has 146 valence electrons. The third-order valence-electron chi connectivity index (χ3n) is 4.91. The molecule has 0 bridgehead atoms. The number of halogens is 1. The first-order valence-corrected chi connectivity index (χ1v) is 9.23. The molecule has 2 fully saturated rings. The number of hydrogen-bond donors (Lipinski definition) is 1. The minimum absolute atomic E-state index is 0. The van der Waals surface area contributed by atoms with Crippen LogP contribution in [-0.2, 0) is 4.74 Å². The minimum Gasteiger partial charge on any atom is -0.492 e. The standard InChI is InChI=1S/C19H30N4O2.HI/c1-16-3-5-18(6-4-16)25-12-8-21-19(20-2)23-9-7-17(15-23)22-10-13-24-14-11-22;/h3-6,17H,7-15H2,1-2H3,(H,20,21);1H. The highest BCUT2D eigenvalue weighted by molar-refractivity contribution is 14.0. The average molecular weight is 474 g/mol. The molecule has 0 amide bonds. The summed E-state index contributed by atoms with van der Waals surface area (Å²) in [6, 6.07) is 8.77. The number of benzene rings is 1. The molecule has 2 aliphatic heterocycles. The monoisotopic (exact) mass is 474 g/mol. The summed E-state index contributed by atoms with van der Waals surface area (Å²) in [5.74, 6) is 1.89. The maximum atomic E-state index is 5.78. The summed E-state index contributed by atoms with van der Waals surface area (Å²) in [6.07, 6.45) is 1.20. The highest BCUT2D eigenvalue weighted by Gasteiger charge is 2.30. The molecule has 6 nitrogen and oxygen atoms in total. The molecule has 1 unspecified atom stereocenters. The van der Waals surface area contributed by atoms with Gasteiger partial charge >= 0.3 is 0 Å². The van der Waals surface area contributed by atoms with Crippen LogP contribution in [0, 0.1) is 6.92 Å². The van der Waals surface area contributed by atoms with E-state index < -0.39 is 0 Å². The lowest BCUT2D eigenvalue weighted by Gasteiger charge is -2.32. The van der Waals surface area contributed by atoms with Crippen LogP contribution in [0.1, 0.15) is 12.0 Å². The summed E-state index contributed by atoms with van der Waals surface area (Å²) in [5, 5.41) is 3.42. The normalized spacial score (nSPS) is 21.4. The summed E-state index contributed by atoms with van der Waals surface area (Å²) >= 11 is 0. The molecule has 0 saturated carbocycles. The molecule has 0 radical (unpaired) electrons. The van der Waals surface area contributed by atoms with Gasteiger partial charge in [-0.25, -0.2) is 0 Å². The maximum Gasteiger partial charge on any atom is 0.193 e. The van der Waals surface area contributed by atoms with Crippen molar-refractivity contribution < 1.29 is 9.47 Å². The fourth-order valence-electron chi connectivity index (χ4n) is 3.47. The van der Waals surface area contributed by atoms with Crippen molar-refractivity contribution in [2.75, 3.05) is 59.6 Å². The van der Waals surface area contributed by atoms with Crippen LogP contribution < -0.4 is 10.1 Å². The second-order valence-electron chi connectivity index (χ2n) is 6.67. The number of nitrogens with one attached hydrogen (secondary N) is 1. The van der Waals surface area contributed by atoms with Crippen molar-refractivity contribution in [1.29, 1.82) is 0 Å². The first-order valence-electron chi connectivity index (χ1n) is 9.23. The summed E-state index contributed by atoms with van der Waals surface area (Å²) < 4.78 is 11.2. The van der Waals surface area contributed by atoms with Crippen LogP contribution in [-0.4, -0.2) is 81.4 Å². The Morgan fingerprint density at radius 2 is 1.96 bits per heavy atom. The Hall–Kier alpha value is -1.06. The van der Waals surface area contributed by atoms with Gasteiger partial charge in [-0.3, -0.25) is 9.89 Å². The molecule has 0 aromatic heterocycles. The Bertz CT molecular complexity index is 561. The predicted molar refractivity (Wildman–Crippen MR) is 116 cm³/mol. The van der Waals surface area contributed by atoms with E-state index in [9.17, 15) is 0 Å². The molecule has 2 heterocycles. The Morgan fingerprint density at radius 3 is 2.65 bits per heavy atom. The van der Waals surface area contributed by atoms with Gasteiger partial charge in [0.15, 0.2) is 5.96 Å². The zero-order valence-electron chi connectivity index (χ0n) is 15.8. The number of aryl methyl sites for hydroxylation is 1. The van der Waals surface area contributed by atoms with E-state index in [1.165, 1.54) is 12.0 Å². The second-order valence-corrected chi connectivity index (χ2v) is 6.67. The number of aliphatic imine (C=N–C) groups is 1. The highest BCUT2D eigenvalue weighted by atomic mass is 127. The van der Waals surface area contributed by atoms with Gasteiger partial charge in [0.1, 0.15) is 12.4 Å². The SMILES string of the molecule is CN=C(NCCOc1ccc(C)cc1)N1CCC(N2CCOCC2)C1.I. The van der Waals surface area contributed by atoms with E-state index in [2.05, 4.69) is 39.2 Å². The number of rotatable bonds is 5. The van der Waals surface area contributed by atoms with Crippen molar-refractivity contribution in [2.24, 2.45) is 4.99 Å². The largest absolute Gasteiger partial charge is 0.492 e. The van der Waals surface area contributed by atoms with Crippen LogP contribution in [0.3, 0.4) is 0 Å². The van der Waals surface area contributed by atoms with Crippen molar-refractivity contribution >= 4 is 29.9 Å². The van der Waals surface area contributed by atoms with Crippen LogP contribution in [0.15, 0.2) is 29.3 Å². The summed E-state index contributed by atoms with van der Waals surface area (Å²) in [4.78, 5) is 9.34. The van der Waals surface area contributed by atoms with Gasteiger partial charge in [-0.1, -0.05) is 17.7 Å². The van der Waals surface area contributed by atoms with Gasteiger partial charge < -0.3 is 19.7 Å². The first kappa shape index (κ1) is 21.2. The molecule has 7 heteroatoms. The zero-order chi connectivity index (χ0) is 17.5. The van der Waals surface area contributed by atoms with Crippen LogP contribution in [0.5, 0.6) is 5.75 Å². The third-order valence-corrected chi connectivity index (χ3v) is 4.91. The molecular weight excluding hydrogens is 443 g/mol. The van der Waals surface area contributed by atoms with Gasteiger partial charge in [-0.05, 0) is 25.5 Å². The predicted octanol–water partition coefficient (Wildman–Crippen LogP) is 1.97. The molecule has 2 saturated heterocycles. The van der Waals surface area contributed by atoms with Gasteiger partial charge in [0.25, 0.3) is 0 Å². The summed E-state index contributed by atoms with van der Waals surface area (Å²) in [6.45, 7) is 9.38. The molecule has 1 aromatic carbocycles. The molecule has 0 spiro atoms. The highest BCUT2D eigenvalue weighted by Crippen LogP contribution is 2.17. The van der Waals surface area contributed by atoms with Gasteiger partial charge in [-0.15, -0.1) is 24.0 Å². The van der Waals surface area contributed by atoms with Gasteiger partial charge in [0.05, 0.1) is 19.8 Å². The Kier molecular flexibility index (Phi) is 8.94. The van der Waals surface area contributed by atoms with Crippen molar-refractivity contribution in [1.82, 2.24) is 15.1 Å². The summed E-state index contributed by atoms with van der Waals surface area (Å²) in [7, 11) is 1.85. The molecule has 3 rings (SSSR count). The first-order chi connectivity index (χ1) is 12.3. The van der Waals surface area contributed by atoms with Crippen LogP contribution in [0.4, 0.5) is 0 Å². The molecular formula is C19H31IN4O2. The number of morpholine rings is 1.